The zero-order valence-corrected chi connectivity index (χ0v) is 23.7. The Morgan fingerprint density at radius 2 is 1.41 bits per heavy atom. The average molecular weight is 570 g/mol. The first-order valence-corrected chi connectivity index (χ1v) is 14.0. The van der Waals surface area contributed by atoms with Crippen molar-refractivity contribution >= 4 is 23.7 Å². The first-order chi connectivity index (χ1) is 19.5. The number of carboxylic acid groups (broad SMARTS) is 1. The number of aliphatic carboxylic acids is 1. The van der Waals surface area contributed by atoms with Gasteiger partial charge in [0.25, 0.3) is 0 Å². The van der Waals surface area contributed by atoms with Crippen molar-refractivity contribution in [1.82, 2.24) is 16.0 Å². The molecule has 0 heterocycles. The molecule has 0 radical (unpaired) electrons. The lowest BCUT2D eigenvalue weighted by molar-refractivity contribution is -0.142. The highest BCUT2D eigenvalue weighted by atomic mass is 16.4. The van der Waals surface area contributed by atoms with Crippen molar-refractivity contribution in [3.8, 4) is 5.75 Å². The first kappa shape index (κ1) is 33.2. The Morgan fingerprint density at radius 3 is 2.00 bits per heavy atom. The molecular weight excluding hydrogens is 526 g/mol. The lowest BCUT2D eigenvalue weighted by Gasteiger charge is -2.28. The van der Waals surface area contributed by atoms with Crippen molar-refractivity contribution in [3.05, 3.63) is 65.7 Å². The van der Waals surface area contributed by atoms with Gasteiger partial charge in [0.05, 0.1) is 6.04 Å². The number of nitrogens with two attached hydrogens (primary N) is 2. The Kier molecular flexibility index (Phi) is 13.8. The van der Waals surface area contributed by atoms with Crippen molar-refractivity contribution in [1.29, 1.82) is 0 Å². The minimum absolute atomic E-state index is 0.0143. The summed E-state index contributed by atoms with van der Waals surface area (Å²) in [6, 6.07) is 11.2. The van der Waals surface area contributed by atoms with Gasteiger partial charge in [-0.15, -0.1) is 0 Å². The standard InChI is InChI=1S/C30H43N5O6/c1-3-19(2)26(29(39)34-25(30(40)41)18-21-12-14-22(36)15-13-21)35-28(38)24(11-7-8-16-31)33-27(37)23(32)17-20-9-5-4-6-10-20/h4-6,9-10,12-15,19,23-26,36H,3,7-8,11,16-18,31-32H2,1-2H3,(H,33,37)(H,34,39)(H,35,38)(H,40,41). The summed E-state index contributed by atoms with van der Waals surface area (Å²) in [5.74, 6) is -3.23. The topological polar surface area (TPSA) is 197 Å². The summed E-state index contributed by atoms with van der Waals surface area (Å²) < 4.78 is 0. The number of benzene rings is 2. The van der Waals surface area contributed by atoms with Crippen molar-refractivity contribution in [2.24, 2.45) is 17.4 Å². The summed E-state index contributed by atoms with van der Waals surface area (Å²) in [6.07, 6.45) is 2.30. The van der Waals surface area contributed by atoms with Crippen LogP contribution in [0.3, 0.4) is 0 Å². The van der Waals surface area contributed by atoms with E-state index in [0.717, 1.165) is 5.56 Å². The number of rotatable bonds is 17. The molecule has 11 nitrogen and oxygen atoms in total. The lowest BCUT2D eigenvalue weighted by Crippen LogP contribution is -2.59. The van der Waals surface area contributed by atoms with E-state index in [2.05, 4.69) is 16.0 Å². The van der Waals surface area contributed by atoms with E-state index in [1.54, 1.807) is 19.1 Å². The highest BCUT2D eigenvalue weighted by Gasteiger charge is 2.32. The average Bonchev–Trinajstić information content (AvgIpc) is 2.95. The van der Waals surface area contributed by atoms with E-state index < -0.39 is 47.9 Å². The SMILES string of the molecule is CCC(C)C(NC(=O)C(CCCCN)NC(=O)C(N)Cc1ccccc1)C(=O)NC(Cc1ccc(O)cc1)C(=O)O. The van der Waals surface area contributed by atoms with Crippen LogP contribution < -0.4 is 27.4 Å². The number of hydrogen-bond donors (Lipinski definition) is 7. The quantitative estimate of drug-likeness (QED) is 0.138. The molecule has 5 unspecified atom stereocenters. The predicted molar refractivity (Wildman–Crippen MR) is 156 cm³/mol. The van der Waals surface area contributed by atoms with Crippen LogP contribution in [0.25, 0.3) is 0 Å². The Morgan fingerprint density at radius 1 is 0.805 bits per heavy atom. The largest absolute Gasteiger partial charge is 0.508 e. The molecule has 41 heavy (non-hydrogen) atoms. The second-order valence-corrected chi connectivity index (χ2v) is 10.3. The Hall–Kier alpha value is -3.96. The monoisotopic (exact) mass is 569 g/mol. The van der Waals surface area contributed by atoms with Gasteiger partial charge in [0.1, 0.15) is 23.9 Å². The van der Waals surface area contributed by atoms with Crippen LogP contribution in [0.1, 0.15) is 50.7 Å². The number of hydrogen-bond acceptors (Lipinski definition) is 7. The van der Waals surface area contributed by atoms with Gasteiger partial charge in [-0.05, 0) is 61.4 Å². The molecule has 224 valence electrons. The van der Waals surface area contributed by atoms with Crippen LogP contribution in [0.4, 0.5) is 0 Å². The molecule has 9 N–H and O–H groups in total. The van der Waals surface area contributed by atoms with E-state index in [4.69, 9.17) is 11.5 Å². The maximum Gasteiger partial charge on any atom is 0.326 e. The number of carboxylic acids is 1. The maximum atomic E-state index is 13.4. The molecule has 3 amide bonds. The molecule has 0 aliphatic carbocycles. The number of nitrogens with one attached hydrogen (secondary N) is 3. The highest BCUT2D eigenvalue weighted by Crippen LogP contribution is 2.14. The van der Waals surface area contributed by atoms with Crippen LogP contribution in [0, 0.1) is 5.92 Å². The Labute approximate surface area is 241 Å². The molecule has 0 aliphatic rings. The molecule has 2 rings (SSSR count). The smallest absolute Gasteiger partial charge is 0.326 e. The fraction of sp³-hybridized carbons (Fsp3) is 0.467. The van der Waals surface area contributed by atoms with Gasteiger partial charge in [-0.1, -0.05) is 62.7 Å². The number of amides is 3. The van der Waals surface area contributed by atoms with Crippen LogP contribution in [0.2, 0.25) is 0 Å². The van der Waals surface area contributed by atoms with Gasteiger partial charge < -0.3 is 37.6 Å². The first-order valence-electron chi connectivity index (χ1n) is 14.0. The van der Waals surface area contributed by atoms with Crippen molar-refractivity contribution < 1.29 is 29.4 Å². The molecule has 0 saturated heterocycles. The molecule has 0 aliphatic heterocycles. The molecule has 0 spiro atoms. The predicted octanol–water partition coefficient (Wildman–Crippen LogP) is 1.22. The van der Waals surface area contributed by atoms with Gasteiger partial charge in [-0.2, -0.15) is 0 Å². The summed E-state index contributed by atoms with van der Waals surface area (Å²) in [6.45, 7) is 4.05. The Bertz CT molecular complexity index is 1130. The fourth-order valence-corrected chi connectivity index (χ4v) is 4.29. The molecule has 2 aromatic rings. The van der Waals surface area contributed by atoms with E-state index in [9.17, 15) is 29.4 Å². The second-order valence-electron chi connectivity index (χ2n) is 10.3. The summed E-state index contributed by atoms with van der Waals surface area (Å²) in [7, 11) is 0. The third kappa shape index (κ3) is 11.2. The van der Waals surface area contributed by atoms with E-state index >= 15 is 0 Å². The number of aromatic hydroxyl groups is 1. The molecular formula is C30H43N5O6. The molecule has 0 saturated carbocycles. The number of phenols is 1. The number of unbranched alkanes of at least 4 members (excludes halogenated alkanes) is 1. The summed E-state index contributed by atoms with van der Waals surface area (Å²) in [5.41, 5.74) is 13.2. The van der Waals surface area contributed by atoms with E-state index in [0.29, 0.717) is 44.2 Å². The van der Waals surface area contributed by atoms with Gasteiger partial charge >= 0.3 is 5.97 Å². The summed E-state index contributed by atoms with van der Waals surface area (Å²) in [5, 5.41) is 27.2. The Balaban J connectivity index is 2.14. The van der Waals surface area contributed by atoms with Gasteiger partial charge in [0.2, 0.25) is 17.7 Å². The molecule has 0 bridgehead atoms. The number of carbonyl (C=O) groups is 4. The van der Waals surface area contributed by atoms with Crippen LogP contribution in [-0.2, 0) is 32.0 Å². The third-order valence-electron chi connectivity index (χ3n) is 7.00. The normalized spacial score (nSPS) is 14.6. The van der Waals surface area contributed by atoms with Crippen LogP contribution >= 0.6 is 0 Å². The summed E-state index contributed by atoms with van der Waals surface area (Å²) in [4.78, 5) is 51.6. The van der Waals surface area contributed by atoms with Crippen molar-refractivity contribution in [2.45, 2.75) is 76.5 Å². The van der Waals surface area contributed by atoms with Gasteiger partial charge in [-0.25, -0.2) is 4.79 Å². The van der Waals surface area contributed by atoms with Crippen molar-refractivity contribution in [2.75, 3.05) is 6.54 Å². The number of phenolic OH excluding ortho intramolecular Hbond substituents is 1. The van der Waals surface area contributed by atoms with Crippen LogP contribution in [-0.4, -0.2) is 64.6 Å². The molecule has 0 aromatic heterocycles. The van der Waals surface area contributed by atoms with Gasteiger partial charge in [0.15, 0.2) is 0 Å². The molecule has 11 heteroatoms. The van der Waals surface area contributed by atoms with Gasteiger partial charge in [-0.3, -0.25) is 14.4 Å². The van der Waals surface area contributed by atoms with Crippen LogP contribution in [0.15, 0.2) is 54.6 Å². The second kappa shape index (κ2) is 17.0. The van der Waals surface area contributed by atoms with E-state index in [1.807, 2.05) is 37.3 Å². The molecule has 5 atom stereocenters. The maximum absolute atomic E-state index is 13.4. The molecule has 0 fully saturated rings. The fourth-order valence-electron chi connectivity index (χ4n) is 4.29. The van der Waals surface area contributed by atoms with E-state index in [-0.39, 0.29) is 18.1 Å². The third-order valence-corrected chi connectivity index (χ3v) is 7.00. The zero-order chi connectivity index (χ0) is 30.4. The van der Waals surface area contributed by atoms with Crippen LogP contribution in [0.5, 0.6) is 5.75 Å². The van der Waals surface area contributed by atoms with Crippen molar-refractivity contribution in [3.63, 3.8) is 0 Å². The minimum Gasteiger partial charge on any atom is -0.508 e. The summed E-state index contributed by atoms with van der Waals surface area (Å²) >= 11 is 0. The zero-order valence-electron chi connectivity index (χ0n) is 23.7. The molecule has 2 aromatic carbocycles. The number of carbonyl (C=O) groups excluding carboxylic acids is 3. The highest BCUT2D eigenvalue weighted by molar-refractivity contribution is 5.94. The van der Waals surface area contributed by atoms with Gasteiger partial charge in [0, 0.05) is 6.42 Å². The minimum atomic E-state index is -1.26. The van der Waals surface area contributed by atoms with E-state index in [1.165, 1.54) is 12.1 Å². The lowest BCUT2D eigenvalue weighted by atomic mass is 9.96.